The molecule has 0 aliphatic rings. The molecular weight excluding hydrogens is 230 g/mol. The van der Waals surface area contributed by atoms with E-state index < -0.39 is 0 Å². The lowest BCUT2D eigenvalue weighted by molar-refractivity contribution is 0.545. The number of pyridine rings is 1. The SMILES string of the molecule is CC(C)(C)c1nc(=S)cc(-c2ccccn2)[nH]1. The Bertz CT molecular complexity index is 567. The van der Waals surface area contributed by atoms with Gasteiger partial charge in [0.25, 0.3) is 0 Å². The van der Waals surface area contributed by atoms with Gasteiger partial charge in [0, 0.05) is 17.7 Å². The zero-order valence-electron chi connectivity index (χ0n) is 10.2. The number of rotatable bonds is 1. The Labute approximate surface area is 106 Å². The Morgan fingerprint density at radius 1 is 1.24 bits per heavy atom. The van der Waals surface area contributed by atoms with E-state index in [1.165, 1.54) is 0 Å². The summed E-state index contributed by atoms with van der Waals surface area (Å²) in [7, 11) is 0. The zero-order valence-corrected chi connectivity index (χ0v) is 11.0. The summed E-state index contributed by atoms with van der Waals surface area (Å²) >= 11 is 5.20. The van der Waals surface area contributed by atoms with Crippen molar-refractivity contribution in [1.29, 1.82) is 0 Å². The van der Waals surface area contributed by atoms with Crippen LogP contribution in [0, 0.1) is 4.64 Å². The molecule has 17 heavy (non-hydrogen) atoms. The van der Waals surface area contributed by atoms with Crippen LogP contribution >= 0.6 is 12.2 Å². The molecule has 0 aliphatic heterocycles. The van der Waals surface area contributed by atoms with Gasteiger partial charge in [0.2, 0.25) is 0 Å². The number of aromatic amines is 1. The number of hydrogen-bond donors (Lipinski definition) is 1. The molecule has 0 unspecified atom stereocenters. The number of H-pyrrole nitrogens is 1. The van der Waals surface area contributed by atoms with Gasteiger partial charge in [-0.05, 0) is 12.1 Å². The summed E-state index contributed by atoms with van der Waals surface area (Å²) < 4.78 is 0.592. The van der Waals surface area contributed by atoms with Gasteiger partial charge < -0.3 is 4.98 Å². The zero-order chi connectivity index (χ0) is 12.5. The first-order valence-corrected chi connectivity index (χ1v) is 5.91. The molecule has 0 saturated heterocycles. The second-order valence-corrected chi connectivity index (χ2v) is 5.36. The first-order chi connectivity index (χ1) is 7.97. The van der Waals surface area contributed by atoms with E-state index in [2.05, 4.69) is 35.7 Å². The minimum atomic E-state index is -0.0572. The summed E-state index contributed by atoms with van der Waals surface area (Å²) in [6, 6.07) is 7.64. The topological polar surface area (TPSA) is 41.6 Å². The first kappa shape index (κ1) is 11.9. The van der Waals surface area contributed by atoms with Crippen LogP contribution in [-0.4, -0.2) is 15.0 Å². The van der Waals surface area contributed by atoms with Gasteiger partial charge in [0.15, 0.2) is 0 Å². The number of nitrogens with one attached hydrogen (secondary N) is 1. The van der Waals surface area contributed by atoms with Crippen LogP contribution in [0.5, 0.6) is 0 Å². The normalized spacial score (nSPS) is 11.5. The molecule has 4 heteroatoms. The monoisotopic (exact) mass is 245 g/mol. The van der Waals surface area contributed by atoms with Crippen LogP contribution in [0.25, 0.3) is 11.4 Å². The number of hydrogen-bond acceptors (Lipinski definition) is 3. The lowest BCUT2D eigenvalue weighted by atomic mass is 9.95. The highest BCUT2D eigenvalue weighted by molar-refractivity contribution is 7.71. The maximum atomic E-state index is 5.20. The molecule has 2 aromatic rings. The smallest absolute Gasteiger partial charge is 0.130 e. The standard InChI is InChI=1S/C13H15N3S/c1-13(2,3)12-15-10(8-11(17)16-12)9-6-4-5-7-14-9/h4-8H,1-3H3,(H,15,16,17). The van der Waals surface area contributed by atoms with Gasteiger partial charge in [-0.25, -0.2) is 4.98 Å². The Balaban J connectivity index is 2.58. The van der Waals surface area contributed by atoms with E-state index in [4.69, 9.17) is 12.2 Å². The Kier molecular flexibility index (Phi) is 3.07. The number of nitrogens with zero attached hydrogens (tertiary/aromatic N) is 2. The van der Waals surface area contributed by atoms with Gasteiger partial charge in [-0.15, -0.1) is 0 Å². The van der Waals surface area contributed by atoms with Crippen LogP contribution in [0.2, 0.25) is 0 Å². The third-order valence-electron chi connectivity index (χ3n) is 2.39. The van der Waals surface area contributed by atoms with E-state index in [0.717, 1.165) is 17.2 Å². The van der Waals surface area contributed by atoms with Crippen molar-refractivity contribution >= 4 is 12.2 Å². The molecule has 0 bridgehead atoms. The molecule has 0 amide bonds. The summed E-state index contributed by atoms with van der Waals surface area (Å²) in [4.78, 5) is 12.0. The average molecular weight is 245 g/mol. The first-order valence-electron chi connectivity index (χ1n) is 5.50. The molecule has 0 atom stereocenters. The van der Waals surface area contributed by atoms with Crippen LogP contribution < -0.4 is 0 Å². The summed E-state index contributed by atoms with van der Waals surface area (Å²) in [6.07, 6.45) is 1.77. The minimum Gasteiger partial charge on any atom is -0.341 e. The number of aromatic nitrogens is 3. The molecule has 0 spiro atoms. The molecule has 0 saturated carbocycles. The molecule has 0 aromatic carbocycles. The molecule has 2 heterocycles. The third kappa shape index (κ3) is 2.77. The molecular formula is C13H15N3S. The van der Waals surface area contributed by atoms with Gasteiger partial charge in [0.05, 0.1) is 11.4 Å². The third-order valence-corrected chi connectivity index (χ3v) is 2.60. The predicted molar refractivity (Wildman–Crippen MR) is 71.4 cm³/mol. The molecule has 2 aromatic heterocycles. The van der Waals surface area contributed by atoms with Crippen LogP contribution in [0.3, 0.4) is 0 Å². The van der Waals surface area contributed by atoms with Crippen LogP contribution in [0.1, 0.15) is 26.6 Å². The van der Waals surface area contributed by atoms with Crippen LogP contribution in [0.15, 0.2) is 30.5 Å². The van der Waals surface area contributed by atoms with Crippen molar-refractivity contribution in [2.75, 3.05) is 0 Å². The van der Waals surface area contributed by atoms with E-state index in [0.29, 0.717) is 4.64 Å². The molecule has 0 aliphatic carbocycles. The fourth-order valence-corrected chi connectivity index (χ4v) is 1.68. The Morgan fingerprint density at radius 3 is 2.59 bits per heavy atom. The van der Waals surface area contributed by atoms with Crippen molar-refractivity contribution in [3.63, 3.8) is 0 Å². The molecule has 3 nitrogen and oxygen atoms in total. The van der Waals surface area contributed by atoms with Crippen molar-refractivity contribution in [1.82, 2.24) is 15.0 Å². The maximum absolute atomic E-state index is 5.20. The molecule has 1 N–H and O–H groups in total. The van der Waals surface area contributed by atoms with E-state index >= 15 is 0 Å². The second kappa shape index (κ2) is 4.37. The summed E-state index contributed by atoms with van der Waals surface area (Å²) in [5.41, 5.74) is 1.74. The van der Waals surface area contributed by atoms with Gasteiger partial charge in [-0.3, -0.25) is 4.98 Å². The van der Waals surface area contributed by atoms with E-state index in [1.54, 1.807) is 6.20 Å². The molecule has 0 fully saturated rings. The highest BCUT2D eigenvalue weighted by atomic mass is 32.1. The fraction of sp³-hybridized carbons (Fsp3) is 0.308. The highest BCUT2D eigenvalue weighted by Crippen LogP contribution is 2.21. The largest absolute Gasteiger partial charge is 0.341 e. The van der Waals surface area contributed by atoms with Crippen LogP contribution in [0.4, 0.5) is 0 Å². The second-order valence-electron chi connectivity index (χ2n) is 4.95. The summed E-state index contributed by atoms with van der Waals surface area (Å²) in [5, 5.41) is 0. The van der Waals surface area contributed by atoms with Crippen molar-refractivity contribution in [3.8, 4) is 11.4 Å². The van der Waals surface area contributed by atoms with Gasteiger partial charge in [-0.2, -0.15) is 0 Å². The van der Waals surface area contributed by atoms with Crippen molar-refractivity contribution in [2.24, 2.45) is 0 Å². The molecule has 0 radical (unpaired) electrons. The van der Waals surface area contributed by atoms with Crippen molar-refractivity contribution < 1.29 is 0 Å². The van der Waals surface area contributed by atoms with Gasteiger partial charge >= 0.3 is 0 Å². The van der Waals surface area contributed by atoms with Gasteiger partial charge in [0.1, 0.15) is 10.5 Å². The molecule has 2 rings (SSSR count). The predicted octanol–water partition coefficient (Wildman–Crippen LogP) is 3.50. The van der Waals surface area contributed by atoms with Crippen molar-refractivity contribution in [3.05, 3.63) is 40.9 Å². The fourth-order valence-electron chi connectivity index (χ4n) is 1.47. The Hall–Kier alpha value is -1.55. The average Bonchev–Trinajstić information content (AvgIpc) is 2.28. The van der Waals surface area contributed by atoms with Gasteiger partial charge in [-0.1, -0.05) is 39.1 Å². The Morgan fingerprint density at radius 2 is 2.00 bits per heavy atom. The molecule has 88 valence electrons. The minimum absolute atomic E-state index is 0.0572. The highest BCUT2D eigenvalue weighted by Gasteiger charge is 2.17. The summed E-state index contributed by atoms with van der Waals surface area (Å²) in [6.45, 7) is 6.30. The summed E-state index contributed by atoms with van der Waals surface area (Å²) in [5.74, 6) is 0.880. The van der Waals surface area contributed by atoms with Crippen molar-refractivity contribution in [2.45, 2.75) is 26.2 Å². The van der Waals surface area contributed by atoms with E-state index in [9.17, 15) is 0 Å². The van der Waals surface area contributed by atoms with E-state index in [1.807, 2.05) is 24.3 Å². The lowest BCUT2D eigenvalue weighted by Gasteiger charge is -2.18. The van der Waals surface area contributed by atoms with E-state index in [-0.39, 0.29) is 5.41 Å². The quantitative estimate of drug-likeness (QED) is 0.782. The lowest BCUT2D eigenvalue weighted by Crippen LogP contribution is -2.16. The van der Waals surface area contributed by atoms with Crippen LogP contribution in [-0.2, 0) is 5.41 Å². The maximum Gasteiger partial charge on any atom is 0.130 e.